The summed E-state index contributed by atoms with van der Waals surface area (Å²) in [6.45, 7) is 0. The number of benzene rings is 1. The van der Waals surface area contributed by atoms with Gasteiger partial charge in [0.1, 0.15) is 11.8 Å². The molecule has 1 spiro atoms. The van der Waals surface area contributed by atoms with E-state index in [4.69, 9.17) is 4.74 Å². The molecule has 4 nitrogen and oxygen atoms in total. The van der Waals surface area contributed by atoms with E-state index >= 15 is 0 Å². The number of thioether (sulfide) groups is 1. The quantitative estimate of drug-likeness (QED) is 0.867. The first-order valence-electron chi connectivity index (χ1n) is 6.46. The summed E-state index contributed by atoms with van der Waals surface area (Å²) in [5.41, 5.74) is 2.50. The van der Waals surface area contributed by atoms with Gasteiger partial charge in [0.2, 0.25) is 0 Å². The van der Waals surface area contributed by atoms with E-state index in [-0.39, 0.29) is 4.87 Å². The Labute approximate surface area is 116 Å². The lowest BCUT2D eigenvalue weighted by atomic mass is 9.86. The maximum atomic E-state index is 11.2. The van der Waals surface area contributed by atoms with E-state index in [0.29, 0.717) is 5.75 Å². The number of rotatable bonds is 2. The maximum Gasteiger partial charge on any atom is 0.321 e. The fraction of sp³-hybridized carbons (Fsp3) is 0.500. The number of hydrogen-bond donors (Lipinski definition) is 2. The highest BCUT2D eigenvalue weighted by molar-refractivity contribution is 8.00. The van der Waals surface area contributed by atoms with Gasteiger partial charge >= 0.3 is 5.97 Å². The standard InChI is InChI=1S/C14H17NO3S/c1-18-10-5-4-9-3-2-6-14(11(9)7-10)15-12(8-19-14)13(16)17/h4-5,7,12,15H,2-3,6,8H2,1H3,(H,16,17). The number of aryl methyl sites for hydroxylation is 1. The summed E-state index contributed by atoms with van der Waals surface area (Å²) in [7, 11) is 1.66. The molecule has 0 bridgehead atoms. The highest BCUT2D eigenvalue weighted by Crippen LogP contribution is 2.48. The Morgan fingerprint density at radius 3 is 3.11 bits per heavy atom. The Morgan fingerprint density at radius 2 is 2.42 bits per heavy atom. The molecule has 1 aliphatic carbocycles. The van der Waals surface area contributed by atoms with Gasteiger partial charge in [-0.2, -0.15) is 0 Å². The van der Waals surface area contributed by atoms with E-state index in [9.17, 15) is 9.90 Å². The van der Waals surface area contributed by atoms with Crippen LogP contribution in [-0.4, -0.2) is 30.0 Å². The Hall–Kier alpha value is -1.20. The minimum atomic E-state index is -0.764. The molecule has 1 aromatic rings. The monoisotopic (exact) mass is 279 g/mol. The molecule has 0 radical (unpaired) electrons. The Kier molecular flexibility index (Phi) is 3.19. The largest absolute Gasteiger partial charge is 0.497 e. The van der Waals surface area contributed by atoms with Gasteiger partial charge in [0.15, 0.2) is 0 Å². The predicted octanol–water partition coefficient (Wildman–Crippen LogP) is 1.97. The van der Waals surface area contributed by atoms with Gasteiger partial charge in [-0.25, -0.2) is 0 Å². The van der Waals surface area contributed by atoms with Crippen molar-refractivity contribution in [2.24, 2.45) is 0 Å². The van der Waals surface area contributed by atoms with E-state index in [2.05, 4.69) is 17.4 Å². The molecule has 3 rings (SSSR count). The SMILES string of the molecule is COc1ccc2c(c1)C1(CCC2)NC(C(=O)O)CS1. The first kappa shape index (κ1) is 12.8. The van der Waals surface area contributed by atoms with Crippen LogP contribution in [0.3, 0.4) is 0 Å². The van der Waals surface area contributed by atoms with Crippen LogP contribution in [0.5, 0.6) is 5.75 Å². The van der Waals surface area contributed by atoms with Gasteiger partial charge in [0, 0.05) is 5.75 Å². The number of aliphatic carboxylic acids is 1. The molecular weight excluding hydrogens is 262 g/mol. The third kappa shape index (κ3) is 2.11. The van der Waals surface area contributed by atoms with Crippen molar-refractivity contribution in [3.8, 4) is 5.75 Å². The molecule has 1 saturated heterocycles. The number of hydrogen-bond acceptors (Lipinski definition) is 4. The number of ether oxygens (including phenoxy) is 1. The highest BCUT2D eigenvalue weighted by Gasteiger charge is 2.45. The van der Waals surface area contributed by atoms with Gasteiger partial charge in [0.05, 0.1) is 12.0 Å². The van der Waals surface area contributed by atoms with E-state index < -0.39 is 12.0 Å². The number of carboxylic acid groups (broad SMARTS) is 1. The second-order valence-corrected chi connectivity index (χ2v) is 6.37. The van der Waals surface area contributed by atoms with Crippen molar-refractivity contribution in [3.05, 3.63) is 29.3 Å². The molecule has 2 N–H and O–H groups in total. The summed E-state index contributed by atoms with van der Waals surface area (Å²) < 4.78 is 5.30. The Balaban J connectivity index is 2.00. The summed E-state index contributed by atoms with van der Waals surface area (Å²) >= 11 is 1.72. The average molecular weight is 279 g/mol. The van der Waals surface area contributed by atoms with Gasteiger partial charge in [0.25, 0.3) is 0 Å². The molecule has 1 aliphatic heterocycles. The number of nitrogens with one attached hydrogen (secondary N) is 1. The molecule has 19 heavy (non-hydrogen) atoms. The van der Waals surface area contributed by atoms with Crippen LogP contribution >= 0.6 is 11.8 Å². The molecule has 0 amide bonds. The zero-order chi connectivity index (χ0) is 13.5. The molecule has 102 valence electrons. The van der Waals surface area contributed by atoms with Gasteiger partial charge in [-0.3, -0.25) is 10.1 Å². The van der Waals surface area contributed by atoms with Crippen LogP contribution in [0.2, 0.25) is 0 Å². The third-order valence-corrected chi connectivity index (χ3v) is 5.46. The third-order valence-electron chi connectivity index (χ3n) is 3.93. The van der Waals surface area contributed by atoms with Crippen LogP contribution in [0, 0.1) is 0 Å². The minimum absolute atomic E-state index is 0.245. The topological polar surface area (TPSA) is 58.6 Å². The van der Waals surface area contributed by atoms with Crippen molar-refractivity contribution < 1.29 is 14.6 Å². The second kappa shape index (κ2) is 4.72. The first-order valence-corrected chi connectivity index (χ1v) is 7.45. The van der Waals surface area contributed by atoms with Crippen LogP contribution < -0.4 is 10.1 Å². The zero-order valence-electron chi connectivity index (χ0n) is 10.8. The van der Waals surface area contributed by atoms with Crippen LogP contribution in [-0.2, 0) is 16.1 Å². The summed E-state index contributed by atoms with van der Waals surface area (Å²) in [5, 5.41) is 12.5. The fourth-order valence-electron chi connectivity index (χ4n) is 2.96. The molecule has 2 unspecified atom stereocenters. The number of carboxylic acids is 1. The number of carbonyl (C=O) groups is 1. The van der Waals surface area contributed by atoms with Crippen molar-refractivity contribution in [1.29, 1.82) is 0 Å². The van der Waals surface area contributed by atoms with Crippen molar-refractivity contribution in [1.82, 2.24) is 5.32 Å². The van der Waals surface area contributed by atoms with Gasteiger partial charge in [-0.1, -0.05) is 6.07 Å². The lowest BCUT2D eigenvalue weighted by Gasteiger charge is -2.35. The zero-order valence-corrected chi connectivity index (χ0v) is 11.6. The highest BCUT2D eigenvalue weighted by atomic mass is 32.2. The average Bonchev–Trinajstić information content (AvgIpc) is 2.84. The van der Waals surface area contributed by atoms with Crippen LogP contribution in [0.15, 0.2) is 18.2 Å². The van der Waals surface area contributed by atoms with Crippen LogP contribution in [0.25, 0.3) is 0 Å². The van der Waals surface area contributed by atoms with Crippen molar-refractivity contribution in [3.63, 3.8) is 0 Å². The number of fused-ring (bicyclic) bond motifs is 2. The lowest BCUT2D eigenvalue weighted by molar-refractivity contribution is -0.138. The summed E-state index contributed by atoms with van der Waals surface area (Å²) in [6.07, 6.45) is 3.12. The van der Waals surface area contributed by atoms with Crippen molar-refractivity contribution in [2.75, 3.05) is 12.9 Å². The normalized spacial score (nSPS) is 29.2. The molecule has 2 aliphatic rings. The molecule has 0 saturated carbocycles. The molecule has 2 atom stereocenters. The van der Waals surface area contributed by atoms with E-state index in [0.717, 1.165) is 25.0 Å². The number of methoxy groups -OCH3 is 1. The first-order chi connectivity index (χ1) is 9.14. The maximum absolute atomic E-state index is 11.2. The lowest BCUT2D eigenvalue weighted by Crippen LogP contribution is -2.45. The smallest absolute Gasteiger partial charge is 0.321 e. The minimum Gasteiger partial charge on any atom is -0.497 e. The summed E-state index contributed by atoms with van der Waals surface area (Å²) in [6, 6.07) is 5.68. The van der Waals surface area contributed by atoms with Crippen molar-refractivity contribution in [2.45, 2.75) is 30.2 Å². The fourth-order valence-corrected chi connectivity index (χ4v) is 4.50. The predicted molar refractivity (Wildman–Crippen MR) is 74.6 cm³/mol. The molecular formula is C14H17NO3S. The Morgan fingerprint density at radius 1 is 1.58 bits per heavy atom. The molecule has 1 aromatic carbocycles. The molecule has 5 heteroatoms. The molecule has 1 fully saturated rings. The van der Waals surface area contributed by atoms with Gasteiger partial charge in [-0.15, -0.1) is 11.8 Å². The van der Waals surface area contributed by atoms with E-state index in [1.807, 2.05) is 6.07 Å². The van der Waals surface area contributed by atoms with Gasteiger partial charge < -0.3 is 9.84 Å². The van der Waals surface area contributed by atoms with E-state index in [1.165, 1.54) is 11.1 Å². The molecule has 1 heterocycles. The van der Waals surface area contributed by atoms with Crippen LogP contribution in [0.4, 0.5) is 0 Å². The van der Waals surface area contributed by atoms with E-state index in [1.54, 1.807) is 18.9 Å². The summed E-state index contributed by atoms with van der Waals surface area (Å²) in [5.74, 6) is 0.687. The van der Waals surface area contributed by atoms with Crippen molar-refractivity contribution >= 4 is 17.7 Å². The summed E-state index contributed by atoms with van der Waals surface area (Å²) in [4.78, 5) is 10.9. The molecule has 0 aromatic heterocycles. The Bertz CT molecular complexity index is 519. The van der Waals surface area contributed by atoms with Gasteiger partial charge in [-0.05, 0) is 42.5 Å². The second-order valence-electron chi connectivity index (χ2n) is 5.05. The van der Waals surface area contributed by atoms with Crippen LogP contribution in [0.1, 0.15) is 24.0 Å².